The Kier molecular flexibility index (Phi) is 4.37. The number of nitrogens with zero attached hydrogens (tertiary/aromatic N) is 1. The molecule has 1 heterocycles. The number of carbonyl (C=O) groups is 1. The van der Waals surface area contributed by atoms with Gasteiger partial charge in [0.15, 0.2) is 0 Å². The third-order valence-electron chi connectivity index (χ3n) is 2.18. The monoisotopic (exact) mass is 237 g/mol. The van der Waals surface area contributed by atoms with Crippen LogP contribution in [0.3, 0.4) is 0 Å². The molecule has 0 aliphatic rings. The zero-order valence-electron chi connectivity index (χ0n) is 9.36. The molecule has 0 saturated carbocycles. The molecule has 0 bridgehead atoms. The van der Waals surface area contributed by atoms with Gasteiger partial charge in [-0.1, -0.05) is 25.2 Å². The normalized spacial score (nSPS) is 11.9. The fourth-order valence-electron chi connectivity index (χ4n) is 1.11. The molecule has 0 radical (unpaired) electrons. The lowest BCUT2D eigenvalue weighted by atomic mass is 10.2. The number of nitrogens with two attached hydrogens (primary N) is 1. The minimum atomic E-state index is -0.202. The van der Waals surface area contributed by atoms with E-state index in [2.05, 4.69) is 10.3 Å². The number of rotatable bonds is 4. The Morgan fingerprint density at radius 2 is 2.31 bits per heavy atom. The molecule has 86 valence electrons. The lowest BCUT2D eigenvalue weighted by Crippen LogP contribution is -2.34. The van der Waals surface area contributed by atoms with E-state index in [0.29, 0.717) is 17.2 Å². The van der Waals surface area contributed by atoms with Gasteiger partial charge in [-0.25, -0.2) is 4.98 Å². The van der Waals surface area contributed by atoms with Crippen molar-refractivity contribution in [1.82, 2.24) is 10.3 Å². The second-order valence-electron chi connectivity index (χ2n) is 3.68. The van der Waals surface area contributed by atoms with E-state index in [-0.39, 0.29) is 11.8 Å². The van der Waals surface area contributed by atoms with Crippen molar-refractivity contribution in [2.75, 3.05) is 6.54 Å². The van der Waals surface area contributed by atoms with Gasteiger partial charge >= 0.3 is 0 Å². The molecule has 0 fully saturated rings. The smallest absolute Gasteiger partial charge is 0.269 e. The van der Waals surface area contributed by atoms with Crippen molar-refractivity contribution in [2.45, 2.75) is 13.8 Å². The van der Waals surface area contributed by atoms with Gasteiger partial charge in [-0.3, -0.25) is 4.79 Å². The van der Waals surface area contributed by atoms with Gasteiger partial charge in [0.25, 0.3) is 5.91 Å². The zero-order chi connectivity index (χ0) is 12.1. The van der Waals surface area contributed by atoms with Crippen LogP contribution in [0, 0.1) is 12.8 Å². The van der Waals surface area contributed by atoms with Crippen LogP contribution in [0.4, 0.5) is 0 Å². The van der Waals surface area contributed by atoms with Crippen LogP contribution in [0.2, 0.25) is 0 Å². The van der Waals surface area contributed by atoms with Crippen LogP contribution in [0.5, 0.6) is 0 Å². The maximum atomic E-state index is 11.7. The van der Waals surface area contributed by atoms with Crippen LogP contribution in [-0.4, -0.2) is 22.4 Å². The Morgan fingerprint density at radius 3 is 2.88 bits per heavy atom. The third-order valence-corrected chi connectivity index (χ3v) is 2.58. The lowest BCUT2D eigenvalue weighted by molar-refractivity contribution is 0.0946. The van der Waals surface area contributed by atoms with Crippen molar-refractivity contribution in [3.05, 3.63) is 29.6 Å². The van der Waals surface area contributed by atoms with Crippen LogP contribution >= 0.6 is 12.2 Å². The van der Waals surface area contributed by atoms with E-state index >= 15 is 0 Å². The van der Waals surface area contributed by atoms with Crippen molar-refractivity contribution in [3.8, 4) is 0 Å². The van der Waals surface area contributed by atoms with Crippen molar-refractivity contribution in [2.24, 2.45) is 11.7 Å². The number of aromatic nitrogens is 1. The zero-order valence-corrected chi connectivity index (χ0v) is 10.2. The van der Waals surface area contributed by atoms with Gasteiger partial charge in [0.2, 0.25) is 0 Å². The quantitative estimate of drug-likeness (QED) is 0.768. The highest BCUT2D eigenvalue weighted by Gasteiger charge is 2.10. The summed E-state index contributed by atoms with van der Waals surface area (Å²) in [5.41, 5.74) is 6.68. The highest BCUT2D eigenvalue weighted by atomic mass is 32.1. The number of thiocarbonyl (C=S) groups is 1. The largest absolute Gasteiger partial charge is 0.393 e. The molecule has 1 aromatic heterocycles. The van der Waals surface area contributed by atoms with E-state index in [1.54, 1.807) is 12.1 Å². The molecule has 5 heteroatoms. The second-order valence-corrected chi connectivity index (χ2v) is 4.15. The number of pyridine rings is 1. The number of aryl methyl sites for hydroxylation is 1. The molecule has 1 rings (SSSR count). The molecule has 4 nitrogen and oxygen atoms in total. The number of amides is 1. The predicted octanol–water partition coefficient (Wildman–Crippen LogP) is 1.04. The number of carbonyl (C=O) groups excluding carboxylic acids is 1. The second kappa shape index (κ2) is 5.55. The number of hydrogen-bond acceptors (Lipinski definition) is 3. The van der Waals surface area contributed by atoms with Crippen molar-refractivity contribution < 1.29 is 4.79 Å². The highest BCUT2D eigenvalue weighted by molar-refractivity contribution is 7.80. The van der Waals surface area contributed by atoms with Gasteiger partial charge in [0.1, 0.15) is 5.69 Å². The van der Waals surface area contributed by atoms with E-state index in [0.717, 1.165) is 5.69 Å². The summed E-state index contributed by atoms with van der Waals surface area (Å²) >= 11 is 4.82. The first-order valence-electron chi connectivity index (χ1n) is 5.02. The summed E-state index contributed by atoms with van der Waals surface area (Å²) in [6.07, 6.45) is 0. The minimum Gasteiger partial charge on any atom is -0.393 e. The minimum absolute atomic E-state index is 0.0104. The Labute approximate surface area is 100 Å². The molecular formula is C11H15N3OS. The van der Waals surface area contributed by atoms with E-state index in [1.807, 2.05) is 19.9 Å². The lowest BCUT2D eigenvalue weighted by Gasteiger charge is -2.10. The van der Waals surface area contributed by atoms with Crippen LogP contribution < -0.4 is 11.1 Å². The van der Waals surface area contributed by atoms with E-state index in [1.165, 1.54) is 0 Å². The fourth-order valence-corrected chi connectivity index (χ4v) is 1.19. The van der Waals surface area contributed by atoms with Crippen LogP contribution in [0.25, 0.3) is 0 Å². The molecule has 0 aliphatic carbocycles. The maximum Gasteiger partial charge on any atom is 0.269 e. The molecule has 1 amide bonds. The summed E-state index contributed by atoms with van der Waals surface area (Å²) < 4.78 is 0. The van der Waals surface area contributed by atoms with E-state index in [9.17, 15) is 4.79 Å². The van der Waals surface area contributed by atoms with Crippen LogP contribution in [-0.2, 0) is 0 Å². The first kappa shape index (κ1) is 12.6. The van der Waals surface area contributed by atoms with Gasteiger partial charge in [-0.05, 0) is 19.1 Å². The van der Waals surface area contributed by atoms with Gasteiger partial charge in [0, 0.05) is 18.2 Å². The Bertz CT molecular complexity index is 406. The summed E-state index contributed by atoms with van der Waals surface area (Å²) in [5.74, 6) is -0.212. The summed E-state index contributed by atoms with van der Waals surface area (Å²) in [4.78, 5) is 16.2. The molecule has 1 aromatic rings. The van der Waals surface area contributed by atoms with Crippen molar-refractivity contribution in [1.29, 1.82) is 0 Å². The molecule has 0 saturated heterocycles. The van der Waals surface area contributed by atoms with Gasteiger partial charge in [-0.2, -0.15) is 0 Å². The molecular weight excluding hydrogens is 222 g/mol. The molecule has 0 spiro atoms. The summed E-state index contributed by atoms with van der Waals surface area (Å²) in [5, 5.41) is 2.74. The van der Waals surface area contributed by atoms with Gasteiger partial charge in [-0.15, -0.1) is 0 Å². The molecule has 0 aliphatic heterocycles. The number of hydrogen-bond donors (Lipinski definition) is 2. The first-order chi connectivity index (χ1) is 7.50. The topological polar surface area (TPSA) is 68.0 Å². The summed E-state index contributed by atoms with van der Waals surface area (Å²) in [7, 11) is 0. The molecule has 16 heavy (non-hydrogen) atoms. The van der Waals surface area contributed by atoms with E-state index in [4.69, 9.17) is 18.0 Å². The van der Waals surface area contributed by atoms with E-state index < -0.39 is 0 Å². The fraction of sp³-hybridized carbons (Fsp3) is 0.364. The predicted molar refractivity (Wildman–Crippen MR) is 67.3 cm³/mol. The Balaban J connectivity index is 2.56. The average molecular weight is 237 g/mol. The standard InChI is InChI=1S/C11H15N3OS/c1-7(10(12)16)6-13-11(15)9-5-3-4-8(2)14-9/h3-5,7H,6H2,1-2H3,(H2,12,16)(H,13,15). The van der Waals surface area contributed by atoms with Crippen LogP contribution in [0.1, 0.15) is 23.1 Å². The maximum absolute atomic E-state index is 11.7. The average Bonchev–Trinajstić information content (AvgIpc) is 2.25. The highest BCUT2D eigenvalue weighted by Crippen LogP contribution is 1.99. The Morgan fingerprint density at radius 1 is 1.62 bits per heavy atom. The van der Waals surface area contributed by atoms with Crippen molar-refractivity contribution >= 4 is 23.1 Å². The summed E-state index contributed by atoms with van der Waals surface area (Å²) in [6, 6.07) is 5.32. The molecule has 0 aromatic carbocycles. The number of nitrogens with one attached hydrogen (secondary N) is 1. The summed E-state index contributed by atoms with van der Waals surface area (Å²) in [6.45, 7) is 4.14. The van der Waals surface area contributed by atoms with Crippen LogP contribution in [0.15, 0.2) is 18.2 Å². The molecule has 1 atom stereocenters. The van der Waals surface area contributed by atoms with Gasteiger partial charge in [0.05, 0.1) is 4.99 Å². The van der Waals surface area contributed by atoms with Crippen molar-refractivity contribution in [3.63, 3.8) is 0 Å². The molecule has 3 N–H and O–H groups in total. The third kappa shape index (κ3) is 3.58. The Hall–Kier alpha value is -1.49. The van der Waals surface area contributed by atoms with Gasteiger partial charge < -0.3 is 11.1 Å². The first-order valence-corrected chi connectivity index (χ1v) is 5.42. The SMILES string of the molecule is Cc1cccc(C(=O)NCC(C)C(N)=S)n1. The molecule has 1 unspecified atom stereocenters.